The lowest BCUT2D eigenvalue weighted by molar-refractivity contribution is 0.471. The molecule has 3 N–H and O–H groups in total. The summed E-state index contributed by atoms with van der Waals surface area (Å²) in [7, 11) is 0. The Morgan fingerprint density at radius 2 is 2.19 bits per heavy atom. The highest BCUT2D eigenvalue weighted by atomic mass is 16.3. The molecule has 1 aromatic rings. The summed E-state index contributed by atoms with van der Waals surface area (Å²) in [6.07, 6.45) is 3.61. The molecule has 88 valence electrons. The molecular weight excluding hydrogens is 200 g/mol. The van der Waals surface area contributed by atoms with E-state index in [2.05, 4.69) is 10.6 Å². The van der Waals surface area contributed by atoms with Gasteiger partial charge in [0.15, 0.2) is 0 Å². The molecule has 2 rings (SSSR count). The van der Waals surface area contributed by atoms with Gasteiger partial charge in [-0.1, -0.05) is 0 Å². The van der Waals surface area contributed by atoms with Gasteiger partial charge < -0.3 is 15.7 Å². The van der Waals surface area contributed by atoms with E-state index in [9.17, 15) is 5.11 Å². The highest BCUT2D eigenvalue weighted by Gasteiger charge is 2.11. The molecule has 0 bridgehead atoms. The molecule has 0 radical (unpaired) electrons. The Bertz CT molecular complexity index is 344. The zero-order chi connectivity index (χ0) is 11.4. The summed E-state index contributed by atoms with van der Waals surface area (Å²) in [5.74, 6) is 0.369. The monoisotopic (exact) mass is 220 g/mol. The second-order valence-electron chi connectivity index (χ2n) is 4.52. The summed E-state index contributed by atoms with van der Waals surface area (Å²) >= 11 is 0. The van der Waals surface area contributed by atoms with E-state index < -0.39 is 0 Å². The first-order valence-electron chi connectivity index (χ1n) is 6.02. The smallest absolute Gasteiger partial charge is 0.118 e. The SMILES string of the molecule is Cc1cc(NC2CCCNCC2)ccc1O. The van der Waals surface area contributed by atoms with Gasteiger partial charge in [-0.15, -0.1) is 0 Å². The minimum Gasteiger partial charge on any atom is -0.508 e. The second-order valence-corrected chi connectivity index (χ2v) is 4.52. The second kappa shape index (κ2) is 5.21. The van der Waals surface area contributed by atoms with Gasteiger partial charge in [-0.25, -0.2) is 0 Å². The van der Waals surface area contributed by atoms with Crippen LogP contribution in [0.3, 0.4) is 0 Å². The lowest BCUT2D eigenvalue weighted by atomic mass is 10.1. The maximum absolute atomic E-state index is 9.46. The van der Waals surface area contributed by atoms with Gasteiger partial charge in [0.1, 0.15) is 5.75 Å². The molecular formula is C13H20N2O. The first-order valence-corrected chi connectivity index (χ1v) is 6.02. The predicted molar refractivity (Wildman–Crippen MR) is 67.0 cm³/mol. The zero-order valence-electron chi connectivity index (χ0n) is 9.79. The Morgan fingerprint density at radius 1 is 1.31 bits per heavy atom. The third kappa shape index (κ3) is 2.89. The average molecular weight is 220 g/mol. The standard InChI is InChI=1S/C13H20N2O/c1-10-9-12(4-5-13(10)16)15-11-3-2-7-14-8-6-11/h4-5,9,11,14-16H,2-3,6-8H2,1H3. The molecule has 1 aliphatic rings. The fourth-order valence-corrected chi connectivity index (χ4v) is 2.14. The van der Waals surface area contributed by atoms with E-state index in [0.717, 1.165) is 24.3 Å². The van der Waals surface area contributed by atoms with Crippen LogP contribution in [0.5, 0.6) is 5.75 Å². The van der Waals surface area contributed by atoms with Gasteiger partial charge in [0.2, 0.25) is 0 Å². The molecule has 3 heteroatoms. The number of benzene rings is 1. The van der Waals surface area contributed by atoms with Gasteiger partial charge in [-0.05, 0) is 63.0 Å². The van der Waals surface area contributed by atoms with Gasteiger partial charge in [0, 0.05) is 11.7 Å². The molecule has 1 fully saturated rings. The van der Waals surface area contributed by atoms with Crippen molar-refractivity contribution < 1.29 is 5.11 Å². The first-order chi connectivity index (χ1) is 7.75. The molecule has 1 unspecified atom stereocenters. The lowest BCUT2D eigenvalue weighted by Gasteiger charge is -2.17. The third-order valence-electron chi connectivity index (χ3n) is 3.14. The Labute approximate surface area is 96.9 Å². The predicted octanol–water partition coefficient (Wildman–Crippen LogP) is 2.25. The molecule has 3 nitrogen and oxygen atoms in total. The Hall–Kier alpha value is -1.22. The van der Waals surface area contributed by atoms with E-state index in [1.54, 1.807) is 6.07 Å². The molecule has 1 aliphatic heterocycles. The van der Waals surface area contributed by atoms with Crippen molar-refractivity contribution in [3.63, 3.8) is 0 Å². The van der Waals surface area contributed by atoms with Crippen molar-refractivity contribution in [3.05, 3.63) is 23.8 Å². The van der Waals surface area contributed by atoms with Gasteiger partial charge in [-0.2, -0.15) is 0 Å². The summed E-state index contributed by atoms with van der Waals surface area (Å²) in [5.41, 5.74) is 2.04. The van der Waals surface area contributed by atoms with Crippen LogP contribution in [0.25, 0.3) is 0 Å². The van der Waals surface area contributed by atoms with Crippen molar-refractivity contribution in [2.45, 2.75) is 32.2 Å². The highest BCUT2D eigenvalue weighted by Crippen LogP contribution is 2.22. The Morgan fingerprint density at radius 3 is 3.00 bits per heavy atom. The van der Waals surface area contributed by atoms with E-state index >= 15 is 0 Å². The van der Waals surface area contributed by atoms with Crippen molar-refractivity contribution in [1.82, 2.24) is 5.32 Å². The molecule has 0 saturated carbocycles. The number of nitrogens with one attached hydrogen (secondary N) is 2. The fourth-order valence-electron chi connectivity index (χ4n) is 2.14. The van der Waals surface area contributed by atoms with Crippen molar-refractivity contribution >= 4 is 5.69 Å². The minimum atomic E-state index is 0.369. The zero-order valence-corrected chi connectivity index (χ0v) is 9.79. The number of phenols is 1. The van der Waals surface area contributed by atoms with Gasteiger partial charge in [0.05, 0.1) is 0 Å². The topological polar surface area (TPSA) is 44.3 Å². The van der Waals surface area contributed by atoms with E-state index in [1.807, 2.05) is 19.1 Å². The third-order valence-corrected chi connectivity index (χ3v) is 3.14. The summed E-state index contributed by atoms with van der Waals surface area (Å²) in [4.78, 5) is 0. The molecule has 0 amide bonds. The number of hydrogen-bond donors (Lipinski definition) is 3. The van der Waals surface area contributed by atoms with Crippen LogP contribution in [0.1, 0.15) is 24.8 Å². The average Bonchev–Trinajstić information content (AvgIpc) is 2.52. The molecule has 1 aromatic carbocycles. The van der Waals surface area contributed by atoms with E-state index in [-0.39, 0.29) is 0 Å². The highest BCUT2D eigenvalue weighted by molar-refractivity contribution is 5.50. The minimum absolute atomic E-state index is 0.369. The summed E-state index contributed by atoms with van der Waals surface area (Å²) < 4.78 is 0. The van der Waals surface area contributed by atoms with Crippen LogP contribution < -0.4 is 10.6 Å². The van der Waals surface area contributed by atoms with Crippen LogP contribution in [0.4, 0.5) is 5.69 Å². The van der Waals surface area contributed by atoms with Crippen LogP contribution in [0.15, 0.2) is 18.2 Å². The first kappa shape index (κ1) is 11.3. The number of aryl methyl sites for hydroxylation is 1. The fraction of sp³-hybridized carbons (Fsp3) is 0.538. The largest absolute Gasteiger partial charge is 0.508 e. The number of aromatic hydroxyl groups is 1. The quantitative estimate of drug-likeness (QED) is 0.670. The Kier molecular flexibility index (Phi) is 3.67. The molecule has 0 spiro atoms. The molecule has 0 aliphatic carbocycles. The molecule has 1 heterocycles. The maximum atomic E-state index is 9.46. The van der Waals surface area contributed by atoms with Crippen molar-refractivity contribution in [2.24, 2.45) is 0 Å². The van der Waals surface area contributed by atoms with Crippen LogP contribution in [-0.4, -0.2) is 24.2 Å². The lowest BCUT2D eigenvalue weighted by Crippen LogP contribution is -2.21. The summed E-state index contributed by atoms with van der Waals surface area (Å²) in [6, 6.07) is 6.26. The van der Waals surface area contributed by atoms with Crippen LogP contribution in [0.2, 0.25) is 0 Å². The molecule has 16 heavy (non-hydrogen) atoms. The van der Waals surface area contributed by atoms with Crippen molar-refractivity contribution in [1.29, 1.82) is 0 Å². The number of hydrogen-bond acceptors (Lipinski definition) is 3. The normalized spacial score (nSPS) is 21.4. The number of anilines is 1. The van der Waals surface area contributed by atoms with Crippen molar-refractivity contribution in [3.8, 4) is 5.75 Å². The van der Waals surface area contributed by atoms with Crippen LogP contribution in [0, 0.1) is 6.92 Å². The van der Waals surface area contributed by atoms with E-state index in [4.69, 9.17) is 0 Å². The Balaban J connectivity index is 1.99. The maximum Gasteiger partial charge on any atom is 0.118 e. The van der Waals surface area contributed by atoms with Gasteiger partial charge in [0.25, 0.3) is 0 Å². The number of rotatable bonds is 2. The molecule has 0 aromatic heterocycles. The van der Waals surface area contributed by atoms with Crippen molar-refractivity contribution in [2.75, 3.05) is 18.4 Å². The molecule has 1 saturated heterocycles. The van der Waals surface area contributed by atoms with E-state index in [1.165, 1.54) is 19.3 Å². The molecule has 1 atom stereocenters. The summed E-state index contributed by atoms with van der Waals surface area (Å²) in [6.45, 7) is 4.15. The van der Waals surface area contributed by atoms with Gasteiger partial charge >= 0.3 is 0 Å². The summed E-state index contributed by atoms with van der Waals surface area (Å²) in [5, 5.41) is 16.4. The van der Waals surface area contributed by atoms with E-state index in [0.29, 0.717) is 11.8 Å². The number of phenolic OH excluding ortho intramolecular Hbond substituents is 1. The van der Waals surface area contributed by atoms with Crippen LogP contribution >= 0.6 is 0 Å². The van der Waals surface area contributed by atoms with Gasteiger partial charge in [-0.3, -0.25) is 0 Å². The van der Waals surface area contributed by atoms with Crippen LogP contribution in [-0.2, 0) is 0 Å².